The molecule has 398 valence electrons. The molecule has 24 heteroatoms. The molecule has 0 saturated carbocycles. The second kappa shape index (κ2) is 37.0. The van der Waals surface area contributed by atoms with Crippen LogP contribution in [0.1, 0.15) is 127 Å². The van der Waals surface area contributed by atoms with Crippen LogP contribution in [0.5, 0.6) is 0 Å². The molecule has 1 aromatic rings. The second-order valence-corrected chi connectivity index (χ2v) is 19.1. The average molecular weight is 1020 g/mol. The maximum Gasteiger partial charge on any atom is 0.326 e. The summed E-state index contributed by atoms with van der Waals surface area (Å²) in [5.74, 6) is -8.03. The molecule has 71 heavy (non-hydrogen) atoms. The number of ether oxygens (including phenoxy) is 2. The summed E-state index contributed by atoms with van der Waals surface area (Å²) in [4.78, 5) is 106. The van der Waals surface area contributed by atoms with Crippen molar-refractivity contribution in [3.8, 4) is 0 Å². The van der Waals surface area contributed by atoms with Gasteiger partial charge >= 0.3 is 17.9 Å². The average Bonchev–Trinajstić information content (AvgIpc) is 3.83. The molecule has 0 bridgehead atoms. The van der Waals surface area contributed by atoms with Crippen LogP contribution in [0, 0.1) is 5.92 Å². The van der Waals surface area contributed by atoms with E-state index in [4.69, 9.17) is 14.6 Å². The van der Waals surface area contributed by atoms with Crippen molar-refractivity contribution in [3.05, 3.63) is 29.8 Å². The van der Waals surface area contributed by atoms with Crippen LogP contribution in [0.4, 0.5) is 5.69 Å². The number of Topliss-reactive ketones (excluding diaryl/α,β-unsaturated/α-hetero) is 4. The zero-order chi connectivity index (χ0) is 53.0. The van der Waals surface area contributed by atoms with E-state index in [2.05, 4.69) is 43.6 Å². The van der Waals surface area contributed by atoms with Crippen LogP contribution in [-0.2, 0) is 57.7 Å². The number of carboxylic acids is 3. The van der Waals surface area contributed by atoms with Gasteiger partial charge in [0.15, 0.2) is 15.6 Å². The fourth-order valence-corrected chi connectivity index (χ4v) is 8.03. The fourth-order valence-electron chi connectivity index (χ4n) is 6.67. The maximum absolute atomic E-state index is 12.4. The monoisotopic (exact) mass is 1020 g/mol. The minimum absolute atomic E-state index is 0.000686. The number of nitrogens with zero attached hydrogens (tertiary/aromatic N) is 3. The summed E-state index contributed by atoms with van der Waals surface area (Å²) in [6, 6.07) is 5.50. The lowest BCUT2D eigenvalue weighted by Gasteiger charge is -2.16. The number of hydrogen-bond donors (Lipinski definition) is 7. The Morgan fingerprint density at radius 1 is 0.718 bits per heavy atom. The largest absolute Gasteiger partial charge is 0.481 e. The molecule has 1 aliphatic heterocycles. The predicted octanol–water partition coefficient (Wildman–Crippen LogP) is 3.59. The van der Waals surface area contributed by atoms with Crippen LogP contribution in [0.15, 0.2) is 39.7 Å². The lowest BCUT2D eigenvalue weighted by Crippen LogP contribution is -2.41. The Morgan fingerprint density at radius 3 is 2.01 bits per heavy atom. The number of carboxylic acid groups (broad SMARTS) is 3. The van der Waals surface area contributed by atoms with Gasteiger partial charge in [-0.05, 0) is 108 Å². The zero-order valence-electron chi connectivity index (χ0n) is 41.1. The van der Waals surface area contributed by atoms with Crippen molar-refractivity contribution >= 4 is 74.1 Å². The van der Waals surface area contributed by atoms with Gasteiger partial charge in [0.2, 0.25) is 5.91 Å². The van der Waals surface area contributed by atoms with Gasteiger partial charge in [-0.2, -0.15) is 5.11 Å². The molecule has 1 aromatic carbocycles. The van der Waals surface area contributed by atoms with Gasteiger partial charge in [0.25, 0.3) is 5.91 Å². The molecule has 23 nitrogen and oxygen atoms in total. The van der Waals surface area contributed by atoms with Crippen molar-refractivity contribution in [1.82, 2.24) is 16.0 Å². The van der Waals surface area contributed by atoms with Crippen molar-refractivity contribution in [2.24, 2.45) is 21.4 Å². The third-order valence-corrected chi connectivity index (χ3v) is 12.3. The Kier molecular flexibility index (Phi) is 32.9. The van der Waals surface area contributed by atoms with Crippen LogP contribution in [0.25, 0.3) is 0 Å². The molecule has 0 unspecified atom stereocenters. The van der Waals surface area contributed by atoms with E-state index in [-0.39, 0.29) is 95.3 Å². The van der Waals surface area contributed by atoms with Crippen LogP contribution < -0.4 is 21.3 Å². The van der Waals surface area contributed by atoms with Crippen molar-refractivity contribution in [2.75, 3.05) is 69.9 Å². The summed E-state index contributed by atoms with van der Waals surface area (Å²) in [5.41, 5.74) is 2.36. The Morgan fingerprint density at radius 2 is 1.39 bits per heavy atom. The lowest BCUT2D eigenvalue weighted by atomic mass is 9.95. The molecule has 1 heterocycles. The maximum atomic E-state index is 12.4. The lowest BCUT2D eigenvalue weighted by molar-refractivity contribution is -0.145. The molecule has 0 radical (unpaired) electrons. The molecule has 0 fully saturated rings. The van der Waals surface area contributed by atoms with Gasteiger partial charge in [-0.3, -0.25) is 38.4 Å². The van der Waals surface area contributed by atoms with Crippen LogP contribution in [0.3, 0.4) is 0 Å². The van der Waals surface area contributed by atoms with E-state index in [9.17, 15) is 61.8 Å². The summed E-state index contributed by atoms with van der Waals surface area (Å²) < 4.78 is 34.9. The molecule has 0 saturated heterocycles. The quantitative estimate of drug-likeness (QED) is 0.0461. The van der Waals surface area contributed by atoms with Crippen molar-refractivity contribution in [3.63, 3.8) is 0 Å². The molecule has 0 spiro atoms. The normalized spacial score (nSPS) is 13.1. The molecular weight excluding hydrogens is 951 g/mol. The summed E-state index contributed by atoms with van der Waals surface area (Å²) in [7, 11) is -2.12. The topological polar surface area (TPSA) is 352 Å². The van der Waals surface area contributed by atoms with E-state index in [1.165, 1.54) is 6.92 Å². The first kappa shape index (κ1) is 63.2. The SMILES string of the molecule is CC(=O)COCCOCCCC(=O)CC[C@H](NC(=O)CC[C@H](CC(=O)CCCS(=O)(=O)CC(=O)CCCC1=NN=NC1)C(=O)O)C(=O)O.CCCNc1ccc(C(=O)NCCCC[C@H](NC)C(=O)O)cc1. The van der Waals surface area contributed by atoms with Gasteiger partial charge in [0.1, 0.15) is 48.3 Å². The van der Waals surface area contributed by atoms with Gasteiger partial charge < -0.3 is 46.1 Å². The number of unbranched alkanes of at least 4 members (excludes halogenated alkanes) is 1. The highest BCUT2D eigenvalue weighted by Crippen LogP contribution is 2.16. The number of aliphatic carboxylic acids is 3. The Balaban J connectivity index is 0.000000911. The minimum Gasteiger partial charge on any atom is -0.481 e. The smallest absolute Gasteiger partial charge is 0.326 e. The summed E-state index contributed by atoms with van der Waals surface area (Å²) in [5, 5.41) is 50.0. The summed E-state index contributed by atoms with van der Waals surface area (Å²) in [6.45, 7) is 6.09. The molecule has 0 aromatic heterocycles. The van der Waals surface area contributed by atoms with E-state index in [1.54, 1.807) is 19.2 Å². The second-order valence-electron chi connectivity index (χ2n) is 16.9. The van der Waals surface area contributed by atoms with Gasteiger partial charge in [0.05, 0.1) is 30.6 Å². The van der Waals surface area contributed by atoms with E-state index < -0.39 is 81.1 Å². The number of hydrogen-bond acceptors (Lipinski definition) is 18. The first-order valence-electron chi connectivity index (χ1n) is 23.9. The Labute approximate surface area is 415 Å². The number of likely N-dealkylation sites (N-methyl/N-ethyl adjacent to an activating group) is 1. The number of sulfone groups is 1. The third kappa shape index (κ3) is 31.9. The number of anilines is 1. The first-order valence-corrected chi connectivity index (χ1v) is 25.7. The molecule has 0 aliphatic carbocycles. The van der Waals surface area contributed by atoms with Crippen LogP contribution >= 0.6 is 0 Å². The van der Waals surface area contributed by atoms with E-state index >= 15 is 0 Å². The van der Waals surface area contributed by atoms with Gasteiger partial charge in [-0.1, -0.05) is 6.92 Å². The first-order chi connectivity index (χ1) is 33.8. The summed E-state index contributed by atoms with van der Waals surface area (Å²) >= 11 is 0. The zero-order valence-corrected chi connectivity index (χ0v) is 41.9. The van der Waals surface area contributed by atoms with Gasteiger partial charge in [-0.25, -0.2) is 13.2 Å². The standard InChI is InChI=1S/C30H46N4O13S.C17H27N3O3/c1-21(35)19-47-15-14-46-13-3-7-24(36)10-11-27(30(42)43)32-28(39)12-9-22(29(40)41)17-25(37)8-4-16-48(44,45)20-26(38)6-2-5-23-18-31-34-33-23;1-3-11-19-14-9-7-13(8-10-14)16(21)20-12-5-4-6-15(18-2)17(22)23/h22,27H,2-20H2,1H3,(H,32,39)(H,40,41)(H,42,43);7-10,15,18-19H,3-6,11-12H2,1-2H3,(H,20,21)(H,22,23)/t22-,27+;15-/m10/s1. The highest BCUT2D eigenvalue weighted by Gasteiger charge is 2.26. The number of carbonyl (C=O) groups is 9. The molecule has 3 atom stereocenters. The van der Waals surface area contributed by atoms with E-state index in [0.29, 0.717) is 44.3 Å². The predicted molar refractivity (Wildman–Crippen MR) is 261 cm³/mol. The molecule has 7 N–H and O–H groups in total. The van der Waals surface area contributed by atoms with Crippen LogP contribution in [0.2, 0.25) is 0 Å². The summed E-state index contributed by atoms with van der Waals surface area (Å²) in [6.07, 6.45) is 2.90. The molecule has 1 aliphatic rings. The van der Waals surface area contributed by atoms with Crippen molar-refractivity contribution < 1.29 is 76.4 Å². The highest BCUT2D eigenvalue weighted by atomic mass is 32.2. The number of benzene rings is 1. The van der Waals surface area contributed by atoms with Gasteiger partial charge in [-0.15, -0.1) is 5.10 Å². The number of ketones is 4. The highest BCUT2D eigenvalue weighted by molar-refractivity contribution is 7.92. The van der Waals surface area contributed by atoms with Crippen molar-refractivity contribution in [2.45, 2.75) is 129 Å². The van der Waals surface area contributed by atoms with E-state index in [1.807, 2.05) is 12.1 Å². The number of carbonyl (C=O) groups excluding carboxylic acids is 6. The minimum atomic E-state index is -3.76. The number of amides is 2. The van der Waals surface area contributed by atoms with E-state index in [0.717, 1.165) is 37.2 Å². The number of nitrogens with one attached hydrogen (secondary N) is 4. The molecule has 2 amide bonds. The van der Waals surface area contributed by atoms with Crippen LogP contribution in [-0.4, -0.2) is 159 Å². The fraction of sp³-hybridized carbons (Fsp3) is 0.660. The number of rotatable bonds is 41. The molecular formula is C47H73N7O16S. The van der Waals surface area contributed by atoms with Gasteiger partial charge in [0, 0.05) is 69.5 Å². The third-order valence-electron chi connectivity index (χ3n) is 10.6. The molecule has 2 rings (SSSR count). The van der Waals surface area contributed by atoms with Crippen molar-refractivity contribution in [1.29, 1.82) is 0 Å². The Bertz CT molecular complexity index is 2050. The Hall–Kier alpha value is -5.85.